The van der Waals surface area contributed by atoms with Crippen molar-refractivity contribution in [1.29, 1.82) is 0 Å². The number of aromatic nitrogens is 1. The summed E-state index contributed by atoms with van der Waals surface area (Å²) in [6.45, 7) is 4.02. The van der Waals surface area contributed by atoms with Crippen molar-refractivity contribution < 1.29 is 9.18 Å². The van der Waals surface area contributed by atoms with Crippen molar-refractivity contribution in [3.05, 3.63) is 83.4 Å². The van der Waals surface area contributed by atoms with Crippen LogP contribution in [0.5, 0.6) is 0 Å². The first kappa shape index (κ1) is 16.6. The second-order valence-corrected chi connectivity index (χ2v) is 5.82. The van der Waals surface area contributed by atoms with Crippen LogP contribution in [-0.4, -0.2) is 10.9 Å². The quantitative estimate of drug-likeness (QED) is 0.718. The van der Waals surface area contributed by atoms with Gasteiger partial charge in [-0.05, 0) is 67.4 Å². The molecule has 0 aliphatic rings. The van der Waals surface area contributed by atoms with E-state index < -0.39 is 0 Å². The fraction of sp³-hybridized carbons (Fsp3) is 0.100. The van der Waals surface area contributed by atoms with E-state index in [-0.39, 0.29) is 11.7 Å². The summed E-state index contributed by atoms with van der Waals surface area (Å²) in [5.41, 5.74) is 4.62. The number of rotatable bonds is 4. The van der Waals surface area contributed by atoms with Crippen molar-refractivity contribution in [3.8, 4) is 0 Å². The highest BCUT2D eigenvalue weighted by Gasteiger charge is 2.08. The van der Waals surface area contributed by atoms with Gasteiger partial charge in [-0.2, -0.15) is 0 Å². The standard InChI is InChI=1S/C20H18FN3O/c1-13-6-7-17(10-14(13)2)24-20(25)19-9-8-18(12-22-19)23-16-5-3-4-15(21)11-16/h3-12,23H,1-2H3,(H,24,25). The van der Waals surface area contributed by atoms with Gasteiger partial charge in [0, 0.05) is 11.4 Å². The molecule has 3 aromatic rings. The predicted molar refractivity (Wildman–Crippen MR) is 97.8 cm³/mol. The monoisotopic (exact) mass is 335 g/mol. The number of benzene rings is 2. The summed E-state index contributed by atoms with van der Waals surface area (Å²) in [4.78, 5) is 16.4. The average Bonchev–Trinajstić information content (AvgIpc) is 2.59. The van der Waals surface area contributed by atoms with Crippen LogP contribution in [-0.2, 0) is 0 Å². The van der Waals surface area contributed by atoms with E-state index >= 15 is 0 Å². The van der Waals surface area contributed by atoms with Gasteiger partial charge in [0.1, 0.15) is 11.5 Å². The second-order valence-electron chi connectivity index (χ2n) is 5.82. The average molecular weight is 335 g/mol. The number of carbonyl (C=O) groups excluding carboxylic acids is 1. The molecule has 2 N–H and O–H groups in total. The number of hydrogen-bond donors (Lipinski definition) is 2. The zero-order chi connectivity index (χ0) is 17.8. The highest BCUT2D eigenvalue weighted by molar-refractivity contribution is 6.03. The first-order valence-corrected chi connectivity index (χ1v) is 7.88. The van der Waals surface area contributed by atoms with Crippen LogP contribution >= 0.6 is 0 Å². The van der Waals surface area contributed by atoms with Crippen LogP contribution < -0.4 is 10.6 Å². The molecule has 0 bridgehead atoms. The van der Waals surface area contributed by atoms with E-state index in [4.69, 9.17) is 0 Å². The zero-order valence-electron chi connectivity index (χ0n) is 14.0. The smallest absolute Gasteiger partial charge is 0.274 e. The van der Waals surface area contributed by atoms with E-state index in [1.54, 1.807) is 30.5 Å². The first-order chi connectivity index (χ1) is 12.0. The Bertz CT molecular complexity index is 907. The molecule has 0 spiro atoms. The Balaban J connectivity index is 1.68. The predicted octanol–water partition coefficient (Wildman–Crippen LogP) is 4.83. The first-order valence-electron chi connectivity index (χ1n) is 7.88. The van der Waals surface area contributed by atoms with Gasteiger partial charge in [0.2, 0.25) is 0 Å². The van der Waals surface area contributed by atoms with E-state index in [1.807, 2.05) is 32.0 Å². The molecule has 0 saturated carbocycles. The van der Waals surface area contributed by atoms with Crippen molar-refractivity contribution in [2.45, 2.75) is 13.8 Å². The molecule has 5 heteroatoms. The summed E-state index contributed by atoms with van der Waals surface area (Å²) in [6.07, 6.45) is 1.54. The minimum atomic E-state index is -0.317. The lowest BCUT2D eigenvalue weighted by molar-refractivity contribution is 0.102. The third-order valence-corrected chi connectivity index (χ3v) is 3.87. The summed E-state index contributed by atoms with van der Waals surface area (Å²) in [5.74, 6) is -0.595. The van der Waals surface area contributed by atoms with Gasteiger partial charge >= 0.3 is 0 Å². The summed E-state index contributed by atoms with van der Waals surface area (Å²) in [7, 11) is 0. The molecule has 1 heterocycles. The molecule has 25 heavy (non-hydrogen) atoms. The molecule has 3 rings (SSSR count). The van der Waals surface area contributed by atoms with Crippen molar-refractivity contribution >= 4 is 23.0 Å². The van der Waals surface area contributed by atoms with Gasteiger partial charge < -0.3 is 10.6 Å². The Morgan fingerprint density at radius 2 is 1.72 bits per heavy atom. The molecular weight excluding hydrogens is 317 g/mol. The molecule has 126 valence electrons. The molecule has 0 aliphatic heterocycles. The maximum absolute atomic E-state index is 13.2. The number of amides is 1. The number of nitrogens with one attached hydrogen (secondary N) is 2. The lowest BCUT2D eigenvalue weighted by Crippen LogP contribution is -2.13. The lowest BCUT2D eigenvalue weighted by atomic mass is 10.1. The molecule has 1 aromatic heterocycles. The zero-order valence-corrected chi connectivity index (χ0v) is 14.0. The number of pyridine rings is 1. The summed E-state index contributed by atoms with van der Waals surface area (Å²) in [5, 5.41) is 5.87. The molecule has 0 fully saturated rings. The topological polar surface area (TPSA) is 54.0 Å². The van der Waals surface area contributed by atoms with Crippen molar-refractivity contribution in [3.63, 3.8) is 0 Å². The molecule has 0 radical (unpaired) electrons. The Hall–Kier alpha value is -3.21. The van der Waals surface area contributed by atoms with Crippen molar-refractivity contribution in [1.82, 2.24) is 4.98 Å². The van der Waals surface area contributed by atoms with Gasteiger partial charge in [0.15, 0.2) is 0 Å². The van der Waals surface area contributed by atoms with Gasteiger partial charge in [-0.25, -0.2) is 9.37 Å². The third-order valence-electron chi connectivity index (χ3n) is 3.87. The lowest BCUT2D eigenvalue weighted by Gasteiger charge is -2.09. The highest BCUT2D eigenvalue weighted by Crippen LogP contribution is 2.18. The largest absolute Gasteiger partial charge is 0.354 e. The molecule has 0 saturated heterocycles. The van der Waals surface area contributed by atoms with Gasteiger partial charge in [0.05, 0.1) is 11.9 Å². The number of nitrogens with zero attached hydrogens (tertiary/aromatic N) is 1. The van der Waals surface area contributed by atoms with E-state index in [1.165, 1.54) is 17.7 Å². The second kappa shape index (κ2) is 7.13. The Morgan fingerprint density at radius 3 is 2.40 bits per heavy atom. The van der Waals surface area contributed by atoms with E-state index in [0.29, 0.717) is 17.1 Å². The maximum atomic E-state index is 13.2. The Kier molecular flexibility index (Phi) is 4.75. The van der Waals surface area contributed by atoms with Crippen LogP contribution in [0.3, 0.4) is 0 Å². The maximum Gasteiger partial charge on any atom is 0.274 e. The molecule has 0 atom stereocenters. The fourth-order valence-electron chi connectivity index (χ4n) is 2.35. The molecular formula is C20H18FN3O. The van der Waals surface area contributed by atoms with Crippen LogP contribution in [0.15, 0.2) is 60.8 Å². The van der Waals surface area contributed by atoms with E-state index in [0.717, 1.165) is 11.3 Å². The van der Waals surface area contributed by atoms with Gasteiger partial charge in [0.25, 0.3) is 5.91 Å². The number of aryl methyl sites for hydroxylation is 2. The molecule has 4 nitrogen and oxygen atoms in total. The van der Waals surface area contributed by atoms with Crippen LogP contribution in [0.1, 0.15) is 21.6 Å². The molecule has 0 unspecified atom stereocenters. The van der Waals surface area contributed by atoms with Crippen LogP contribution in [0.25, 0.3) is 0 Å². The number of carbonyl (C=O) groups is 1. The Labute approximate surface area is 145 Å². The molecule has 2 aromatic carbocycles. The normalized spacial score (nSPS) is 10.4. The minimum Gasteiger partial charge on any atom is -0.354 e. The molecule has 1 amide bonds. The van der Waals surface area contributed by atoms with Gasteiger partial charge in [-0.1, -0.05) is 12.1 Å². The molecule has 0 aliphatic carbocycles. The number of anilines is 3. The number of halogens is 1. The highest BCUT2D eigenvalue weighted by atomic mass is 19.1. The van der Waals surface area contributed by atoms with Gasteiger partial charge in [-0.15, -0.1) is 0 Å². The van der Waals surface area contributed by atoms with Gasteiger partial charge in [-0.3, -0.25) is 4.79 Å². The van der Waals surface area contributed by atoms with Crippen LogP contribution in [0, 0.1) is 19.7 Å². The fourth-order valence-corrected chi connectivity index (χ4v) is 2.35. The van der Waals surface area contributed by atoms with Crippen LogP contribution in [0.2, 0.25) is 0 Å². The van der Waals surface area contributed by atoms with Crippen LogP contribution in [0.4, 0.5) is 21.5 Å². The van der Waals surface area contributed by atoms with E-state index in [2.05, 4.69) is 15.6 Å². The summed E-state index contributed by atoms with van der Waals surface area (Å²) in [6, 6.07) is 15.2. The number of hydrogen-bond acceptors (Lipinski definition) is 3. The van der Waals surface area contributed by atoms with E-state index in [9.17, 15) is 9.18 Å². The Morgan fingerprint density at radius 1 is 0.920 bits per heavy atom. The SMILES string of the molecule is Cc1ccc(NC(=O)c2ccc(Nc3cccc(F)c3)cn2)cc1C. The third kappa shape index (κ3) is 4.20. The minimum absolute atomic E-state index is 0.277. The summed E-state index contributed by atoms with van der Waals surface area (Å²) >= 11 is 0. The van der Waals surface area contributed by atoms with Crippen molar-refractivity contribution in [2.24, 2.45) is 0 Å². The van der Waals surface area contributed by atoms with Crippen molar-refractivity contribution in [2.75, 3.05) is 10.6 Å². The summed E-state index contributed by atoms with van der Waals surface area (Å²) < 4.78 is 13.2.